The van der Waals surface area contributed by atoms with Crippen LogP contribution in [0.15, 0.2) is 12.2 Å². The topological polar surface area (TPSA) is 32.3 Å². The van der Waals surface area contributed by atoms with Gasteiger partial charge in [-0.25, -0.2) is 0 Å². The Morgan fingerprint density at radius 1 is 1.25 bits per heavy atom. The highest BCUT2D eigenvalue weighted by Crippen LogP contribution is 2.17. The Morgan fingerprint density at radius 3 is 2.75 bits per heavy atom. The summed E-state index contributed by atoms with van der Waals surface area (Å²) in [4.78, 5) is 14.0. The van der Waals surface area contributed by atoms with E-state index in [0.29, 0.717) is 12.6 Å². The quantitative estimate of drug-likeness (QED) is 0.737. The molecule has 1 saturated carbocycles. The minimum Gasteiger partial charge on any atom is -0.352 e. The number of carbonyl (C=O) groups is 1. The summed E-state index contributed by atoms with van der Waals surface area (Å²) in [5, 5.41) is 3.16. The summed E-state index contributed by atoms with van der Waals surface area (Å²) in [5.74, 6) is 0.210. The molecule has 2 aliphatic rings. The SMILES string of the molecule is O=C(CN1CC=CCC1)NC1CCCCC1. The van der Waals surface area contributed by atoms with E-state index in [1.54, 1.807) is 0 Å². The van der Waals surface area contributed by atoms with E-state index in [1.807, 2.05) is 0 Å². The molecule has 3 nitrogen and oxygen atoms in total. The molecule has 1 aliphatic heterocycles. The van der Waals surface area contributed by atoms with Gasteiger partial charge in [0.25, 0.3) is 0 Å². The highest BCUT2D eigenvalue weighted by molar-refractivity contribution is 5.78. The predicted octanol–water partition coefficient (Wildman–Crippen LogP) is 1.70. The molecule has 0 atom stereocenters. The fourth-order valence-corrected chi connectivity index (χ4v) is 2.56. The lowest BCUT2D eigenvalue weighted by Crippen LogP contribution is -2.43. The molecule has 2 rings (SSSR count). The molecule has 1 heterocycles. The maximum absolute atomic E-state index is 11.8. The molecular weight excluding hydrogens is 200 g/mol. The van der Waals surface area contributed by atoms with Crippen molar-refractivity contribution in [3.8, 4) is 0 Å². The van der Waals surface area contributed by atoms with Gasteiger partial charge in [0.05, 0.1) is 6.54 Å². The van der Waals surface area contributed by atoms with Gasteiger partial charge in [-0.3, -0.25) is 9.69 Å². The van der Waals surface area contributed by atoms with E-state index in [4.69, 9.17) is 0 Å². The Kier molecular flexibility index (Phi) is 4.40. The van der Waals surface area contributed by atoms with Crippen molar-refractivity contribution < 1.29 is 4.79 Å². The highest BCUT2D eigenvalue weighted by atomic mass is 16.2. The van der Waals surface area contributed by atoms with E-state index >= 15 is 0 Å². The monoisotopic (exact) mass is 222 g/mol. The average molecular weight is 222 g/mol. The van der Waals surface area contributed by atoms with E-state index < -0.39 is 0 Å². The van der Waals surface area contributed by atoms with E-state index in [2.05, 4.69) is 22.4 Å². The number of nitrogens with zero attached hydrogens (tertiary/aromatic N) is 1. The van der Waals surface area contributed by atoms with Crippen molar-refractivity contribution in [1.29, 1.82) is 0 Å². The number of rotatable bonds is 3. The van der Waals surface area contributed by atoms with Crippen molar-refractivity contribution in [2.24, 2.45) is 0 Å². The first-order valence-corrected chi connectivity index (χ1v) is 6.51. The fourth-order valence-electron chi connectivity index (χ4n) is 2.56. The molecule has 1 amide bonds. The number of carbonyl (C=O) groups excluding carboxylic acids is 1. The van der Waals surface area contributed by atoms with Crippen LogP contribution in [0.4, 0.5) is 0 Å². The minimum absolute atomic E-state index is 0.210. The van der Waals surface area contributed by atoms with Crippen molar-refractivity contribution >= 4 is 5.91 Å². The third-order valence-corrected chi connectivity index (χ3v) is 3.48. The number of hydrogen-bond donors (Lipinski definition) is 1. The Hall–Kier alpha value is -0.830. The van der Waals surface area contributed by atoms with Gasteiger partial charge in [0.2, 0.25) is 5.91 Å². The van der Waals surface area contributed by atoms with Crippen LogP contribution in [0.3, 0.4) is 0 Å². The maximum atomic E-state index is 11.8. The summed E-state index contributed by atoms with van der Waals surface area (Å²) in [5.41, 5.74) is 0. The van der Waals surface area contributed by atoms with Crippen molar-refractivity contribution in [1.82, 2.24) is 10.2 Å². The molecule has 1 fully saturated rings. The van der Waals surface area contributed by atoms with Crippen LogP contribution in [0.5, 0.6) is 0 Å². The molecular formula is C13H22N2O. The van der Waals surface area contributed by atoms with E-state index in [-0.39, 0.29) is 5.91 Å². The van der Waals surface area contributed by atoms with E-state index in [9.17, 15) is 4.79 Å². The van der Waals surface area contributed by atoms with Gasteiger partial charge >= 0.3 is 0 Å². The lowest BCUT2D eigenvalue weighted by Gasteiger charge is -2.26. The third-order valence-electron chi connectivity index (χ3n) is 3.48. The predicted molar refractivity (Wildman–Crippen MR) is 65.2 cm³/mol. The van der Waals surface area contributed by atoms with E-state index in [1.165, 1.54) is 32.1 Å². The molecule has 3 heteroatoms. The Labute approximate surface area is 97.9 Å². The van der Waals surface area contributed by atoms with Gasteiger partial charge in [0, 0.05) is 19.1 Å². The van der Waals surface area contributed by atoms with Crippen molar-refractivity contribution in [2.75, 3.05) is 19.6 Å². The number of amides is 1. The number of nitrogens with one attached hydrogen (secondary N) is 1. The van der Waals surface area contributed by atoms with Gasteiger partial charge in [-0.15, -0.1) is 0 Å². The van der Waals surface area contributed by atoms with Gasteiger partial charge < -0.3 is 5.32 Å². The molecule has 0 aromatic heterocycles. The summed E-state index contributed by atoms with van der Waals surface area (Å²) >= 11 is 0. The van der Waals surface area contributed by atoms with Gasteiger partial charge in [0.15, 0.2) is 0 Å². The van der Waals surface area contributed by atoms with Crippen LogP contribution in [-0.4, -0.2) is 36.5 Å². The molecule has 0 aromatic carbocycles. The van der Waals surface area contributed by atoms with Crippen LogP contribution >= 0.6 is 0 Å². The lowest BCUT2D eigenvalue weighted by molar-refractivity contribution is -0.123. The van der Waals surface area contributed by atoms with Gasteiger partial charge in [-0.2, -0.15) is 0 Å². The Balaban J connectivity index is 1.68. The molecule has 1 aliphatic carbocycles. The van der Waals surface area contributed by atoms with Crippen molar-refractivity contribution in [3.05, 3.63) is 12.2 Å². The molecule has 0 bridgehead atoms. The molecule has 0 saturated heterocycles. The first kappa shape index (κ1) is 11.6. The lowest BCUT2D eigenvalue weighted by atomic mass is 9.95. The van der Waals surface area contributed by atoms with Crippen LogP contribution in [0.25, 0.3) is 0 Å². The second-order valence-electron chi connectivity index (χ2n) is 4.90. The average Bonchev–Trinajstić information content (AvgIpc) is 2.31. The zero-order valence-electron chi connectivity index (χ0n) is 9.95. The largest absolute Gasteiger partial charge is 0.352 e. The highest BCUT2D eigenvalue weighted by Gasteiger charge is 2.17. The molecule has 16 heavy (non-hydrogen) atoms. The summed E-state index contributed by atoms with van der Waals surface area (Å²) in [6.07, 6.45) is 11.7. The normalized spacial score (nSPS) is 23.2. The molecule has 90 valence electrons. The first-order chi connectivity index (χ1) is 7.84. The van der Waals surface area contributed by atoms with Crippen LogP contribution in [0.1, 0.15) is 38.5 Å². The number of hydrogen-bond acceptors (Lipinski definition) is 2. The van der Waals surface area contributed by atoms with Crippen molar-refractivity contribution in [2.45, 2.75) is 44.6 Å². The van der Waals surface area contributed by atoms with Crippen LogP contribution < -0.4 is 5.32 Å². The molecule has 1 N–H and O–H groups in total. The molecule has 0 unspecified atom stereocenters. The summed E-state index contributed by atoms with van der Waals surface area (Å²) in [6.45, 7) is 2.52. The van der Waals surface area contributed by atoms with Crippen LogP contribution in [0, 0.1) is 0 Å². The van der Waals surface area contributed by atoms with Crippen LogP contribution in [0.2, 0.25) is 0 Å². The zero-order chi connectivity index (χ0) is 11.2. The van der Waals surface area contributed by atoms with Crippen molar-refractivity contribution in [3.63, 3.8) is 0 Å². The maximum Gasteiger partial charge on any atom is 0.234 e. The smallest absolute Gasteiger partial charge is 0.234 e. The summed E-state index contributed by atoms with van der Waals surface area (Å²) in [6, 6.07) is 0.446. The second-order valence-corrected chi connectivity index (χ2v) is 4.90. The van der Waals surface area contributed by atoms with E-state index in [0.717, 1.165) is 19.5 Å². The fraction of sp³-hybridized carbons (Fsp3) is 0.769. The first-order valence-electron chi connectivity index (χ1n) is 6.51. The third kappa shape index (κ3) is 3.63. The van der Waals surface area contributed by atoms with Gasteiger partial charge in [-0.1, -0.05) is 31.4 Å². The van der Waals surface area contributed by atoms with Crippen LogP contribution in [-0.2, 0) is 4.79 Å². The molecule has 0 aromatic rings. The standard InChI is InChI=1S/C13H22N2O/c16-13(11-15-9-5-2-6-10-15)14-12-7-3-1-4-8-12/h2,5,12H,1,3-4,6-11H2,(H,14,16). The zero-order valence-corrected chi connectivity index (χ0v) is 9.95. The Bertz CT molecular complexity index is 257. The minimum atomic E-state index is 0.210. The molecule has 0 spiro atoms. The summed E-state index contributed by atoms with van der Waals surface area (Å²) in [7, 11) is 0. The molecule has 0 radical (unpaired) electrons. The van der Waals surface area contributed by atoms with Gasteiger partial charge in [0.1, 0.15) is 0 Å². The Morgan fingerprint density at radius 2 is 2.06 bits per heavy atom. The van der Waals surface area contributed by atoms with Gasteiger partial charge in [-0.05, 0) is 19.3 Å². The second kappa shape index (κ2) is 6.04. The summed E-state index contributed by atoms with van der Waals surface area (Å²) < 4.78 is 0.